The van der Waals surface area contributed by atoms with Crippen molar-refractivity contribution in [1.29, 1.82) is 0 Å². The van der Waals surface area contributed by atoms with E-state index < -0.39 is 0 Å². The van der Waals surface area contributed by atoms with Crippen molar-refractivity contribution < 1.29 is 14.3 Å². The van der Waals surface area contributed by atoms with Crippen LogP contribution in [0.3, 0.4) is 0 Å². The van der Waals surface area contributed by atoms with Gasteiger partial charge in [-0.05, 0) is 36.4 Å². The molecule has 1 saturated heterocycles. The number of pyridine rings is 1. The number of benzene rings is 1. The summed E-state index contributed by atoms with van der Waals surface area (Å²) < 4.78 is 5.48. The molecule has 1 aliphatic heterocycles. The number of carbonyl (C=O) groups is 2. The molecule has 0 spiro atoms. The van der Waals surface area contributed by atoms with Gasteiger partial charge in [0.1, 0.15) is 5.75 Å². The maximum absolute atomic E-state index is 12.4. The van der Waals surface area contributed by atoms with E-state index in [0.29, 0.717) is 42.5 Å². The van der Waals surface area contributed by atoms with Crippen LogP contribution in [-0.4, -0.2) is 59.4 Å². The van der Waals surface area contributed by atoms with Crippen LogP contribution in [-0.2, 0) is 4.79 Å². The summed E-state index contributed by atoms with van der Waals surface area (Å²) in [5, 5.41) is 0.619. The molecule has 25 heavy (non-hydrogen) atoms. The molecule has 1 fully saturated rings. The van der Waals surface area contributed by atoms with Crippen molar-refractivity contribution in [2.45, 2.75) is 0 Å². The molecule has 0 radical (unpaired) electrons. The highest BCUT2D eigenvalue weighted by Gasteiger charge is 2.25. The van der Waals surface area contributed by atoms with Crippen LogP contribution in [0, 0.1) is 0 Å². The lowest BCUT2D eigenvalue weighted by Crippen LogP contribution is -2.51. The number of aromatic nitrogens is 1. The number of nitrogens with zero attached hydrogens (tertiary/aromatic N) is 3. The van der Waals surface area contributed by atoms with E-state index in [4.69, 9.17) is 16.3 Å². The van der Waals surface area contributed by atoms with Gasteiger partial charge in [0.2, 0.25) is 0 Å². The molecule has 130 valence electrons. The number of ether oxygens (including phenoxy) is 1. The van der Waals surface area contributed by atoms with Crippen LogP contribution in [0.1, 0.15) is 10.4 Å². The lowest BCUT2D eigenvalue weighted by Gasteiger charge is -2.34. The molecule has 0 aliphatic carbocycles. The van der Waals surface area contributed by atoms with Crippen LogP contribution in [0.15, 0.2) is 48.8 Å². The fourth-order valence-corrected chi connectivity index (χ4v) is 2.72. The molecule has 0 unspecified atom stereocenters. The van der Waals surface area contributed by atoms with Crippen molar-refractivity contribution in [2.75, 3.05) is 32.8 Å². The molecule has 2 aromatic rings. The maximum Gasteiger partial charge on any atom is 0.260 e. The van der Waals surface area contributed by atoms with Crippen LogP contribution < -0.4 is 4.74 Å². The molecule has 1 aromatic heterocycles. The number of amides is 2. The zero-order valence-corrected chi connectivity index (χ0v) is 14.4. The predicted molar refractivity (Wildman–Crippen MR) is 93.7 cm³/mol. The minimum Gasteiger partial charge on any atom is -0.484 e. The zero-order valence-electron chi connectivity index (χ0n) is 13.6. The van der Waals surface area contributed by atoms with E-state index >= 15 is 0 Å². The second-order valence-corrected chi connectivity index (χ2v) is 6.09. The maximum atomic E-state index is 12.4. The molecule has 3 rings (SSSR count). The summed E-state index contributed by atoms with van der Waals surface area (Å²) in [6, 6.07) is 10.3. The van der Waals surface area contributed by atoms with E-state index in [-0.39, 0.29) is 18.4 Å². The van der Waals surface area contributed by atoms with Gasteiger partial charge in [0, 0.05) is 43.6 Å². The van der Waals surface area contributed by atoms with E-state index in [1.807, 2.05) is 0 Å². The van der Waals surface area contributed by atoms with E-state index in [2.05, 4.69) is 4.98 Å². The molecule has 2 amide bonds. The van der Waals surface area contributed by atoms with Crippen molar-refractivity contribution in [3.05, 3.63) is 59.4 Å². The van der Waals surface area contributed by atoms with E-state index in [9.17, 15) is 9.59 Å². The highest BCUT2D eigenvalue weighted by atomic mass is 35.5. The van der Waals surface area contributed by atoms with Crippen LogP contribution in [0.4, 0.5) is 0 Å². The Morgan fingerprint density at radius 1 is 1.04 bits per heavy atom. The molecule has 0 atom stereocenters. The fraction of sp³-hybridized carbons (Fsp3) is 0.278. The van der Waals surface area contributed by atoms with Crippen molar-refractivity contribution >= 4 is 23.4 Å². The average molecular weight is 360 g/mol. The summed E-state index contributed by atoms with van der Waals surface area (Å²) in [6.45, 7) is 1.96. The summed E-state index contributed by atoms with van der Waals surface area (Å²) in [5.74, 6) is 0.448. The Morgan fingerprint density at radius 2 is 1.72 bits per heavy atom. The van der Waals surface area contributed by atoms with Gasteiger partial charge in [-0.2, -0.15) is 0 Å². The van der Waals surface area contributed by atoms with E-state index in [1.54, 1.807) is 58.6 Å². The molecule has 0 bridgehead atoms. The number of hydrogen-bond donors (Lipinski definition) is 0. The molecule has 2 heterocycles. The minimum absolute atomic E-state index is 0.0296. The first-order valence-electron chi connectivity index (χ1n) is 7.99. The summed E-state index contributed by atoms with van der Waals surface area (Å²) in [6.07, 6.45) is 3.19. The molecule has 6 nitrogen and oxygen atoms in total. The van der Waals surface area contributed by atoms with Gasteiger partial charge in [-0.1, -0.05) is 11.6 Å². The van der Waals surface area contributed by atoms with Crippen molar-refractivity contribution in [1.82, 2.24) is 14.8 Å². The number of piperazine rings is 1. The van der Waals surface area contributed by atoms with Gasteiger partial charge < -0.3 is 14.5 Å². The highest BCUT2D eigenvalue weighted by Crippen LogP contribution is 2.15. The molecule has 0 N–H and O–H groups in total. The predicted octanol–water partition coefficient (Wildman–Crippen LogP) is 2.10. The van der Waals surface area contributed by atoms with Crippen molar-refractivity contribution in [3.8, 4) is 5.75 Å². The second-order valence-electron chi connectivity index (χ2n) is 5.66. The smallest absolute Gasteiger partial charge is 0.260 e. The Morgan fingerprint density at radius 3 is 2.36 bits per heavy atom. The van der Waals surface area contributed by atoms with Gasteiger partial charge in [-0.3, -0.25) is 14.6 Å². The molecule has 7 heteroatoms. The third-order valence-corrected chi connectivity index (χ3v) is 4.26. The Bertz CT molecular complexity index is 729. The van der Waals surface area contributed by atoms with Crippen LogP contribution >= 0.6 is 11.6 Å². The summed E-state index contributed by atoms with van der Waals surface area (Å²) >= 11 is 5.81. The third kappa shape index (κ3) is 4.48. The van der Waals surface area contributed by atoms with Gasteiger partial charge in [0.05, 0.1) is 5.56 Å². The first-order valence-corrected chi connectivity index (χ1v) is 8.37. The molecular formula is C18H18ClN3O3. The number of hydrogen-bond acceptors (Lipinski definition) is 4. The van der Waals surface area contributed by atoms with Crippen LogP contribution in [0.5, 0.6) is 5.75 Å². The largest absolute Gasteiger partial charge is 0.484 e. The van der Waals surface area contributed by atoms with Gasteiger partial charge >= 0.3 is 0 Å². The Kier molecular flexibility index (Phi) is 5.50. The van der Waals surface area contributed by atoms with Gasteiger partial charge in [-0.15, -0.1) is 0 Å². The SMILES string of the molecule is O=C(COc1ccc(Cl)cc1)N1CCN(C(=O)c2cccnc2)CC1. The lowest BCUT2D eigenvalue weighted by molar-refractivity contribution is -0.134. The summed E-state index contributed by atoms with van der Waals surface area (Å²) in [5.41, 5.74) is 0.563. The highest BCUT2D eigenvalue weighted by molar-refractivity contribution is 6.30. The Hall–Kier alpha value is -2.60. The van der Waals surface area contributed by atoms with Crippen molar-refractivity contribution in [3.63, 3.8) is 0 Å². The quantitative estimate of drug-likeness (QED) is 0.838. The molecule has 1 aromatic carbocycles. The van der Waals surface area contributed by atoms with E-state index in [0.717, 1.165) is 0 Å². The van der Waals surface area contributed by atoms with Crippen LogP contribution in [0.2, 0.25) is 5.02 Å². The minimum atomic E-state index is -0.0940. The third-order valence-electron chi connectivity index (χ3n) is 4.00. The molecule has 0 saturated carbocycles. The first kappa shape index (κ1) is 17.2. The van der Waals surface area contributed by atoms with Gasteiger partial charge in [0.15, 0.2) is 6.61 Å². The second kappa shape index (κ2) is 7.98. The average Bonchev–Trinajstić information content (AvgIpc) is 2.67. The topological polar surface area (TPSA) is 62.7 Å². The molecule has 1 aliphatic rings. The van der Waals surface area contributed by atoms with Crippen molar-refractivity contribution in [2.24, 2.45) is 0 Å². The van der Waals surface area contributed by atoms with Gasteiger partial charge in [0.25, 0.3) is 11.8 Å². The number of rotatable bonds is 4. The Labute approximate surface area is 151 Å². The number of carbonyl (C=O) groups excluding carboxylic acids is 2. The first-order chi connectivity index (χ1) is 12.1. The summed E-state index contributed by atoms with van der Waals surface area (Å²) in [7, 11) is 0. The summed E-state index contributed by atoms with van der Waals surface area (Å²) in [4.78, 5) is 32.0. The normalized spacial score (nSPS) is 14.3. The fourth-order valence-electron chi connectivity index (χ4n) is 2.60. The number of halogens is 1. The molecular weight excluding hydrogens is 342 g/mol. The monoisotopic (exact) mass is 359 g/mol. The Balaban J connectivity index is 1.47. The van der Waals surface area contributed by atoms with Crippen LogP contribution in [0.25, 0.3) is 0 Å². The van der Waals surface area contributed by atoms with E-state index in [1.165, 1.54) is 0 Å². The standard InChI is InChI=1S/C18H18ClN3O3/c19-15-3-5-16(6-4-15)25-13-17(23)21-8-10-22(11-9-21)18(24)14-2-1-7-20-12-14/h1-7,12H,8-11,13H2. The lowest BCUT2D eigenvalue weighted by atomic mass is 10.2. The van der Waals surface area contributed by atoms with Gasteiger partial charge in [-0.25, -0.2) is 0 Å². The zero-order chi connectivity index (χ0) is 17.6.